The average Bonchev–Trinajstić information content (AvgIpc) is 2.61. The molecule has 6 heteroatoms. The van der Waals surface area contributed by atoms with Crippen molar-refractivity contribution in [1.29, 1.82) is 0 Å². The van der Waals surface area contributed by atoms with E-state index < -0.39 is 22.2 Å². The van der Waals surface area contributed by atoms with E-state index in [-0.39, 0.29) is 18.5 Å². The number of ether oxygens (including phenoxy) is 2. The summed E-state index contributed by atoms with van der Waals surface area (Å²) in [5.74, 6) is -0.699. The molecule has 1 N–H and O–H groups in total. The second-order valence-corrected chi connectivity index (χ2v) is 7.07. The van der Waals surface area contributed by atoms with Gasteiger partial charge in [-0.2, -0.15) is 0 Å². The van der Waals surface area contributed by atoms with Crippen molar-refractivity contribution in [2.24, 2.45) is 5.92 Å². The molecule has 0 saturated heterocycles. The third-order valence-corrected chi connectivity index (χ3v) is 5.87. The van der Waals surface area contributed by atoms with E-state index in [9.17, 15) is 14.1 Å². The lowest BCUT2D eigenvalue weighted by Crippen LogP contribution is -2.33. The highest BCUT2D eigenvalue weighted by atomic mass is 32.2. The van der Waals surface area contributed by atoms with Gasteiger partial charge in [-0.25, -0.2) is 0 Å². The molecule has 4 atom stereocenters. The van der Waals surface area contributed by atoms with Crippen LogP contribution in [-0.2, 0) is 25.1 Å². The quantitative estimate of drug-likeness (QED) is 0.803. The van der Waals surface area contributed by atoms with E-state index in [2.05, 4.69) is 0 Å². The molecule has 1 aromatic carbocycles. The second kappa shape index (κ2) is 8.38. The maximum atomic E-state index is 12.8. The molecule has 1 aromatic rings. The van der Waals surface area contributed by atoms with Crippen LogP contribution in [0.15, 0.2) is 41.3 Å². The summed E-state index contributed by atoms with van der Waals surface area (Å²) in [6, 6.07) is 9.30. The molecule has 0 heterocycles. The monoisotopic (exact) mass is 338 g/mol. The number of esters is 1. The van der Waals surface area contributed by atoms with E-state index in [0.717, 1.165) is 5.56 Å². The van der Waals surface area contributed by atoms with Crippen LogP contribution in [0.25, 0.3) is 0 Å². The maximum absolute atomic E-state index is 12.8. The molecule has 23 heavy (non-hydrogen) atoms. The third kappa shape index (κ3) is 4.07. The van der Waals surface area contributed by atoms with Gasteiger partial charge in [-0.05, 0) is 24.5 Å². The molecule has 0 aliphatic heterocycles. The Morgan fingerprint density at radius 1 is 1.35 bits per heavy atom. The summed E-state index contributed by atoms with van der Waals surface area (Å²) >= 11 is 0. The van der Waals surface area contributed by atoms with Gasteiger partial charge in [-0.3, -0.25) is 9.00 Å². The normalized spacial score (nSPS) is 23.7. The second-order valence-electron chi connectivity index (χ2n) is 5.38. The molecule has 0 bridgehead atoms. The van der Waals surface area contributed by atoms with E-state index in [0.29, 0.717) is 17.7 Å². The van der Waals surface area contributed by atoms with Gasteiger partial charge in [0.15, 0.2) is 0 Å². The van der Waals surface area contributed by atoms with Crippen LogP contribution in [0.4, 0.5) is 0 Å². The van der Waals surface area contributed by atoms with Gasteiger partial charge in [-0.15, -0.1) is 0 Å². The molecule has 0 fully saturated rings. The van der Waals surface area contributed by atoms with Crippen molar-refractivity contribution in [1.82, 2.24) is 0 Å². The summed E-state index contributed by atoms with van der Waals surface area (Å²) in [6.07, 6.45) is 2.34. The minimum atomic E-state index is -1.37. The van der Waals surface area contributed by atoms with E-state index >= 15 is 0 Å². The highest BCUT2D eigenvalue weighted by Crippen LogP contribution is 2.33. The molecule has 2 rings (SSSR count). The van der Waals surface area contributed by atoms with Crippen molar-refractivity contribution in [2.75, 3.05) is 20.8 Å². The number of rotatable bonds is 6. The van der Waals surface area contributed by atoms with Crippen molar-refractivity contribution in [3.8, 4) is 0 Å². The van der Waals surface area contributed by atoms with E-state index in [1.807, 2.05) is 30.3 Å². The lowest BCUT2D eigenvalue weighted by molar-refractivity contribution is -0.149. The first-order valence-corrected chi connectivity index (χ1v) is 8.71. The number of hydrogen-bond donors (Lipinski definition) is 1. The molecule has 0 saturated carbocycles. The minimum absolute atomic E-state index is 0.202. The van der Waals surface area contributed by atoms with Crippen LogP contribution in [0, 0.1) is 5.92 Å². The number of benzene rings is 1. The molecule has 0 radical (unpaired) electrons. The molecule has 1 aliphatic rings. The molecule has 0 unspecified atom stereocenters. The van der Waals surface area contributed by atoms with Gasteiger partial charge < -0.3 is 14.6 Å². The lowest BCUT2D eigenvalue weighted by atomic mass is 9.91. The van der Waals surface area contributed by atoms with E-state index in [1.165, 1.54) is 14.2 Å². The number of aliphatic hydroxyl groups is 1. The number of hydrogen-bond acceptors (Lipinski definition) is 5. The summed E-state index contributed by atoms with van der Waals surface area (Å²) in [5, 5.41) is 9.18. The zero-order valence-electron chi connectivity index (χ0n) is 13.3. The van der Waals surface area contributed by atoms with E-state index in [4.69, 9.17) is 9.47 Å². The standard InChI is InChI=1S/C17H22O5S/c1-21-15-10-13(8-9-14(15)17(19)22-2)23(20)16(11-18)12-6-4-3-5-7-12/h3-7,10,14-16,18H,8-9,11H2,1-2H3/t14-,15-,16-,23-/m1/s1. The highest BCUT2D eigenvalue weighted by molar-refractivity contribution is 7.89. The highest BCUT2D eigenvalue weighted by Gasteiger charge is 2.34. The smallest absolute Gasteiger partial charge is 0.311 e. The van der Waals surface area contributed by atoms with Crippen molar-refractivity contribution >= 4 is 16.8 Å². The third-order valence-electron chi connectivity index (χ3n) is 4.08. The summed E-state index contributed by atoms with van der Waals surface area (Å²) in [5.41, 5.74) is 0.832. The fourth-order valence-electron chi connectivity index (χ4n) is 2.80. The number of methoxy groups -OCH3 is 2. The van der Waals surface area contributed by atoms with Gasteiger partial charge >= 0.3 is 5.97 Å². The summed E-state index contributed by atoms with van der Waals surface area (Å²) < 4.78 is 23.0. The summed E-state index contributed by atoms with van der Waals surface area (Å²) in [4.78, 5) is 12.5. The molecule has 0 amide bonds. The Balaban J connectivity index is 2.22. The predicted octanol–water partition coefficient (Wildman–Crippen LogP) is 1.95. The molecule has 0 aromatic heterocycles. The Morgan fingerprint density at radius 2 is 2.04 bits per heavy atom. The first-order chi connectivity index (χ1) is 11.1. The molecule has 126 valence electrons. The number of aliphatic hydroxyl groups excluding tert-OH is 1. The first-order valence-electron chi connectivity index (χ1n) is 7.50. The topological polar surface area (TPSA) is 72.8 Å². The van der Waals surface area contributed by atoms with Crippen LogP contribution in [0.2, 0.25) is 0 Å². The van der Waals surface area contributed by atoms with Crippen LogP contribution >= 0.6 is 0 Å². The van der Waals surface area contributed by atoms with Gasteiger partial charge in [0.25, 0.3) is 0 Å². The number of carbonyl (C=O) groups is 1. The zero-order valence-corrected chi connectivity index (χ0v) is 14.1. The molecular weight excluding hydrogens is 316 g/mol. The number of carbonyl (C=O) groups excluding carboxylic acids is 1. The van der Waals surface area contributed by atoms with Crippen LogP contribution < -0.4 is 0 Å². The van der Waals surface area contributed by atoms with Gasteiger partial charge in [-0.1, -0.05) is 30.3 Å². The average molecular weight is 338 g/mol. The summed E-state index contributed by atoms with van der Waals surface area (Å²) in [6.45, 7) is -0.202. The van der Waals surface area contributed by atoms with Crippen molar-refractivity contribution < 1.29 is 23.6 Å². The zero-order chi connectivity index (χ0) is 16.8. The largest absolute Gasteiger partial charge is 0.469 e. The molecule has 0 spiro atoms. The minimum Gasteiger partial charge on any atom is -0.469 e. The van der Waals surface area contributed by atoms with Crippen LogP contribution in [0.3, 0.4) is 0 Å². The van der Waals surface area contributed by atoms with Crippen LogP contribution in [0.5, 0.6) is 0 Å². The van der Waals surface area contributed by atoms with Gasteiger partial charge in [0.1, 0.15) is 0 Å². The Kier molecular flexibility index (Phi) is 6.50. The van der Waals surface area contributed by atoms with Crippen molar-refractivity contribution in [2.45, 2.75) is 24.2 Å². The van der Waals surface area contributed by atoms with E-state index in [1.54, 1.807) is 6.08 Å². The van der Waals surface area contributed by atoms with Gasteiger partial charge in [0.05, 0.1) is 41.8 Å². The Hall–Kier alpha value is -1.50. The van der Waals surface area contributed by atoms with Crippen molar-refractivity contribution in [3.63, 3.8) is 0 Å². The maximum Gasteiger partial charge on any atom is 0.311 e. The van der Waals surface area contributed by atoms with Crippen LogP contribution in [-0.4, -0.2) is 42.2 Å². The van der Waals surface area contributed by atoms with Gasteiger partial charge in [0.2, 0.25) is 0 Å². The SMILES string of the molecule is COC(=O)[C@@H]1CCC([S@@](=O)[C@H](CO)c2ccccc2)=C[C@H]1OC. The Morgan fingerprint density at radius 3 is 2.61 bits per heavy atom. The van der Waals surface area contributed by atoms with Crippen LogP contribution in [0.1, 0.15) is 23.7 Å². The fraction of sp³-hybridized carbons (Fsp3) is 0.471. The predicted molar refractivity (Wildman–Crippen MR) is 88.0 cm³/mol. The molecular formula is C17H22O5S. The Bertz CT molecular complexity index is 584. The summed E-state index contributed by atoms with van der Waals surface area (Å²) in [7, 11) is 1.50. The van der Waals surface area contributed by atoms with Gasteiger partial charge in [0, 0.05) is 12.0 Å². The molecule has 1 aliphatic carbocycles. The Labute approximate surface area is 138 Å². The fourth-order valence-corrected chi connectivity index (χ4v) is 4.29. The molecule has 5 nitrogen and oxygen atoms in total. The number of allylic oxidation sites excluding steroid dienone is 1. The lowest BCUT2D eigenvalue weighted by Gasteiger charge is -2.28. The van der Waals surface area contributed by atoms with Crippen molar-refractivity contribution in [3.05, 3.63) is 46.9 Å². The first kappa shape index (κ1) is 17.8.